The normalized spacial score (nSPS) is 28.9. The highest BCUT2D eigenvalue weighted by Gasteiger charge is 2.57. The van der Waals surface area contributed by atoms with E-state index in [9.17, 15) is 9.90 Å². The maximum absolute atomic E-state index is 12.6. The van der Waals surface area contributed by atoms with Crippen molar-refractivity contribution in [1.82, 2.24) is 4.90 Å². The molecule has 2 fully saturated rings. The Hall–Kier alpha value is -0.770. The molecule has 2 aliphatic rings. The van der Waals surface area contributed by atoms with Crippen molar-refractivity contribution in [2.75, 3.05) is 6.54 Å². The number of ether oxygens (including phenoxy) is 1. The molecule has 1 amide bonds. The van der Waals surface area contributed by atoms with Crippen molar-refractivity contribution in [3.8, 4) is 0 Å². The second-order valence-electron chi connectivity index (χ2n) is 8.74. The molecule has 4 nitrogen and oxygen atoms in total. The molecule has 2 rings (SSSR count). The zero-order valence-electron chi connectivity index (χ0n) is 14.4. The molecule has 1 N–H and O–H groups in total. The summed E-state index contributed by atoms with van der Waals surface area (Å²) in [5, 5.41) is 10.2. The molecule has 2 unspecified atom stereocenters. The zero-order valence-corrected chi connectivity index (χ0v) is 14.4. The first-order valence-electron chi connectivity index (χ1n) is 8.15. The molecule has 0 aromatic carbocycles. The minimum Gasteiger partial charge on any atom is -0.444 e. The lowest BCUT2D eigenvalue weighted by atomic mass is 9.75. The number of piperidine rings is 1. The zero-order chi connectivity index (χ0) is 16.1. The Morgan fingerprint density at radius 2 is 1.86 bits per heavy atom. The van der Waals surface area contributed by atoms with Crippen LogP contribution < -0.4 is 0 Å². The number of hydrogen-bond acceptors (Lipinski definition) is 3. The van der Waals surface area contributed by atoms with Crippen molar-refractivity contribution < 1.29 is 14.6 Å². The number of hydrogen-bond donors (Lipinski definition) is 1. The van der Waals surface area contributed by atoms with Crippen LogP contribution in [0.3, 0.4) is 0 Å². The molecule has 1 saturated carbocycles. The molecule has 21 heavy (non-hydrogen) atoms. The fourth-order valence-corrected chi connectivity index (χ4v) is 3.62. The molecule has 0 radical (unpaired) electrons. The van der Waals surface area contributed by atoms with Crippen LogP contribution in [0.15, 0.2) is 0 Å². The van der Waals surface area contributed by atoms with Crippen LogP contribution in [0.4, 0.5) is 4.79 Å². The van der Waals surface area contributed by atoms with Gasteiger partial charge in [0.1, 0.15) is 5.60 Å². The van der Waals surface area contributed by atoms with Gasteiger partial charge in [0.05, 0.1) is 6.10 Å². The maximum atomic E-state index is 12.6. The van der Waals surface area contributed by atoms with Gasteiger partial charge in [-0.2, -0.15) is 0 Å². The molecular weight excluding hydrogens is 266 g/mol. The Bertz CT molecular complexity index is 405. The summed E-state index contributed by atoms with van der Waals surface area (Å²) in [6, 6.07) is 0.111. The molecule has 0 aromatic heterocycles. The summed E-state index contributed by atoms with van der Waals surface area (Å²) in [6.07, 6.45) is 3.47. The monoisotopic (exact) mass is 297 g/mol. The lowest BCUT2D eigenvalue weighted by molar-refractivity contribution is -0.0413. The largest absolute Gasteiger partial charge is 0.444 e. The van der Waals surface area contributed by atoms with Gasteiger partial charge in [0, 0.05) is 18.0 Å². The summed E-state index contributed by atoms with van der Waals surface area (Å²) in [5.41, 5.74) is -0.472. The van der Waals surface area contributed by atoms with Gasteiger partial charge in [0.2, 0.25) is 0 Å². The quantitative estimate of drug-likeness (QED) is 0.847. The van der Waals surface area contributed by atoms with Gasteiger partial charge in [-0.3, -0.25) is 0 Å². The number of nitrogens with zero attached hydrogens (tertiary/aromatic N) is 1. The summed E-state index contributed by atoms with van der Waals surface area (Å²) < 4.78 is 5.61. The Morgan fingerprint density at radius 1 is 1.29 bits per heavy atom. The smallest absolute Gasteiger partial charge is 0.410 e. The van der Waals surface area contributed by atoms with Gasteiger partial charge in [-0.15, -0.1) is 0 Å². The molecule has 1 aliphatic heterocycles. The van der Waals surface area contributed by atoms with Gasteiger partial charge in [-0.25, -0.2) is 4.79 Å². The third-order valence-corrected chi connectivity index (χ3v) is 5.02. The lowest BCUT2D eigenvalue weighted by Crippen LogP contribution is -2.56. The van der Waals surface area contributed by atoms with Crippen LogP contribution in [0.5, 0.6) is 0 Å². The molecule has 0 spiro atoms. The summed E-state index contributed by atoms with van der Waals surface area (Å²) >= 11 is 0. The Labute approximate surface area is 128 Å². The first-order valence-corrected chi connectivity index (χ1v) is 8.15. The molecule has 1 aliphatic carbocycles. The number of carbonyl (C=O) groups is 1. The highest BCUT2D eigenvalue weighted by atomic mass is 16.6. The van der Waals surface area contributed by atoms with E-state index in [1.807, 2.05) is 32.6 Å². The summed E-state index contributed by atoms with van der Waals surface area (Å²) in [5.74, 6) is 0. The van der Waals surface area contributed by atoms with Crippen molar-refractivity contribution in [2.24, 2.45) is 10.8 Å². The van der Waals surface area contributed by atoms with Crippen molar-refractivity contribution in [3.63, 3.8) is 0 Å². The number of amides is 1. The number of aliphatic hydroxyl groups excluding tert-OH is 1. The van der Waals surface area contributed by atoms with Crippen LogP contribution in [0, 0.1) is 10.8 Å². The van der Waals surface area contributed by atoms with E-state index in [1.165, 1.54) is 0 Å². The van der Waals surface area contributed by atoms with E-state index in [4.69, 9.17) is 4.74 Å². The van der Waals surface area contributed by atoms with Crippen LogP contribution in [-0.4, -0.2) is 40.4 Å². The Kier molecular flexibility index (Phi) is 4.07. The first-order chi connectivity index (χ1) is 9.47. The molecule has 0 bridgehead atoms. The minimum absolute atomic E-state index is 0.104. The molecular formula is C17H31NO3. The van der Waals surface area contributed by atoms with Gasteiger partial charge >= 0.3 is 6.09 Å². The lowest BCUT2D eigenvalue weighted by Gasteiger charge is -2.47. The van der Waals surface area contributed by atoms with Gasteiger partial charge in [-0.05, 0) is 58.8 Å². The molecule has 122 valence electrons. The highest BCUT2D eigenvalue weighted by molar-refractivity contribution is 5.69. The molecule has 1 heterocycles. The van der Waals surface area contributed by atoms with Crippen molar-refractivity contribution >= 4 is 6.09 Å². The standard InChI is InChI=1S/C17H31NO3/c1-12(19)17(9-10-17)13-7-8-16(5,6)11-18(13)14(20)21-15(2,3)4/h12-13,19H,7-11H2,1-6H3. The van der Waals surface area contributed by atoms with E-state index < -0.39 is 5.60 Å². The molecule has 0 aromatic rings. The molecule has 1 saturated heterocycles. The van der Waals surface area contributed by atoms with Crippen molar-refractivity contribution in [2.45, 2.75) is 85.0 Å². The summed E-state index contributed by atoms with van der Waals surface area (Å²) in [7, 11) is 0. The number of rotatable bonds is 2. The van der Waals surface area contributed by atoms with Crippen LogP contribution in [0.25, 0.3) is 0 Å². The van der Waals surface area contributed by atoms with Gasteiger partial charge < -0.3 is 14.7 Å². The number of likely N-dealkylation sites (tertiary alicyclic amines) is 1. The SMILES string of the molecule is CC(O)C1(C2CCC(C)(C)CN2C(=O)OC(C)(C)C)CC1. The van der Waals surface area contributed by atoms with Crippen LogP contribution >= 0.6 is 0 Å². The average molecular weight is 297 g/mol. The van der Waals surface area contributed by atoms with E-state index in [0.29, 0.717) is 6.54 Å². The van der Waals surface area contributed by atoms with E-state index in [2.05, 4.69) is 13.8 Å². The Balaban J connectivity index is 2.21. The third kappa shape index (κ3) is 3.53. The predicted octanol–water partition coefficient (Wildman–Crippen LogP) is 3.57. The van der Waals surface area contributed by atoms with E-state index in [0.717, 1.165) is 25.7 Å². The van der Waals surface area contributed by atoms with Gasteiger partial charge in [0.25, 0.3) is 0 Å². The summed E-state index contributed by atoms with van der Waals surface area (Å²) in [6.45, 7) is 12.7. The van der Waals surface area contributed by atoms with E-state index in [1.54, 1.807) is 0 Å². The number of carbonyl (C=O) groups excluding carboxylic acids is 1. The van der Waals surface area contributed by atoms with Gasteiger partial charge in [0.15, 0.2) is 0 Å². The van der Waals surface area contributed by atoms with E-state index in [-0.39, 0.29) is 29.1 Å². The second kappa shape index (κ2) is 5.15. The van der Waals surface area contributed by atoms with Crippen molar-refractivity contribution in [3.05, 3.63) is 0 Å². The summed E-state index contributed by atoms with van der Waals surface area (Å²) in [4.78, 5) is 14.5. The predicted molar refractivity (Wildman–Crippen MR) is 83.1 cm³/mol. The van der Waals surface area contributed by atoms with Crippen LogP contribution in [-0.2, 0) is 4.74 Å². The van der Waals surface area contributed by atoms with Crippen molar-refractivity contribution in [1.29, 1.82) is 0 Å². The topological polar surface area (TPSA) is 49.8 Å². The minimum atomic E-state index is -0.481. The van der Waals surface area contributed by atoms with Gasteiger partial charge in [-0.1, -0.05) is 13.8 Å². The molecule has 4 heteroatoms. The number of aliphatic hydroxyl groups is 1. The highest BCUT2D eigenvalue weighted by Crippen LogP contribution is 2.56. The molecule has 2 atom stereocenters. The van der Waals surface area contributed by atoms with Crippen LogP contribution in [0.1, 0.15) is 67.2 Å². The van der Waals surface area contributed by atoms with Crippen LogP contribution in [0.2, 0.25) is 0 Å². The Morgan fingerprint density at radius 3 is 2.29 bits per heavy atom. The fourth-order valence-electron chi connectivity index (χ4n) is 3.62. The second-order valence-corrected chi connectivity index (χ2v) is 8.74. The average Bonchev–Trinajstić information content (AvgIpc) is 3.06. The van der Waals surface area contributed by atoms with E-state index >= 15 is 0 Å². The third-order valence-electron chi connectivity index (χ3n) is 5.02. The first kappa shape index (κ1) is 16.6. The fraction of sp³-hybridized carbons (Fsp3) is 0.941. The maximum Gasteiger partial charge on any atom is 0.410 e.